The fourth-order valence-electron chi connectivity index (χ4n) is 1.32. The van der Waals surface area contributed by atoms with E-state index in [0.29, 0.717) is 10.8 Å². The van der Waals surface area contributed by atoms with Gasteiger partial charge in [0, 0.05) is 20.4 Å². The van der Waals surface area contributed by atoms with Crippen LogP contribution in [0.5, 0.6) is 5.75 Å². The zero-order valence-electron chi connectivity index (χ0n) is 8.77. The van der Waals surface area contributed by atoms with Crippen molar-refractivity contribution in [1.29, 1.82) is 0 Å². The van der Waals surface area contributed by atoms with E-state index in [9.17, 15) is 5.11 Å². The van der Waals surface area contributed by atoms with Gasteiger partial charge in [0.1, 0.15) is 18.5 Å². The van der Waals surface area contributed by atoms with Crippen molar-refractivity contribution in [3.05, 3.63) is 50.1 Å². The van der Waals surface area contributed by atoms with Crippen LogP contribution < -0.4 is 4.74 Å². The monoisotopic (exact) mass is 332 g/mol. The first-order valence-corrected chi connectivity index (χ1v) is 7.06. The van der Waals surface area contributed by atoms with Crippen molar-refractivity contribution in [2.75, 3.05) is 6.61 Å². The van der Waals surface area contributed by atoms with Gasteiger partial charge in [-0.25, -0.2) is 0 Å². The van der Waals surface area contributed by atoms with E-state index in [4.69, 9.17) is 16.3 Å². The molecule has 1 heterocycles. The first kappa shape index (κ1) is 12.9. The largest absolute Gasteiger partial charge is 0.491 e. The summed E-state index contributed by atoms with van der Waals surface area (Å²) in [5.41, 5.74) is 0.851. The molecule has 0 saturated heterocycles. The number of halogens is 2. The lowest BCUT2D eigenvalue weighted by Crippen LogP contribution is -2.09. The average Bonchev–Trinajstić information content (AvgIpc) is 2.74. The molecule has 2 aromatic rings. The minimum Gasteiger partial charge on any atom is -0.491 e. The molecule has 2 rings (SSSR count). The lowest BCUT2D eigenvalue weighted by molar-refractivity contribution is 0.108. The fraction of sp³-hybridized carbons (Fsp3) is 0.167. The van der Waals surface area contributed by atoms with Crippen molar-refractivity contribution < 1.29 is 9.84 Å². The van der Waals surface area contributed by atoms with Gasteiger partial charge < -0.3 is 9.84 Å². The van der Waals surface area contributed by atoms with Gasteiger partial charge >= 0.3 is 0 Å². The summed E-state index contributed by atoms with van der Waals surface area (Å²) < 4.78 is 6.39. The summed E-state index contributed by atoms with van der Waals surface area (Å²) in [5, 5.41) is 14.4. The van der Waals surface area contributed by atoms with Crippen LogP contribution in [0.4, 0.5) is 0 Å². The van der Waals surface area contributed by atoms with Crippen molar-refractivity contribution >= 4 is 38.9 Å². The smallest absolute Gasteiger partial charge is 0.119 e. The lowest BCUT2D eigenvalue weighted by atomic mass is 10.2. The van der Waals surface area contributed by atoms with Crippen molar-refractivity contribution in [2.45, 2.75) is 6.10 Å². The lowest BCUT2D eigenvalue weighted by Gasteiger charge is -2.11. The minimum absolute atomic E-state index is 0.219. The highest BCUT2D eigenvalue weighted by atomic mass is 79.9. The summed E-state index contributed by atoms with van der Waals surface area (Å²) in [6, 6.07) is 7.06. The molecule has 0 aliphatic carbocycles. The zero-order chi connectivity index (χ0) is 12.3. The van der Waals surface area contributed by atoms with E-state index >= 15 is 0 Å². The van der Waals surface area contributed by atoms with E-state index in [2.05, 4.69) is 15.9 Å². The molecule has 0 aliphatic rings. The van der Waals surface area contributed by atoms with E-state index in [0.717, 1.165) is 10.0 Å². The number of ether oxygens (including phenoxy) is 1. The second kappa shape index (κ2) is 5.87. The van der Waals surface area contributed by atoms with Gasteiger partial charge in [0.05, 0.1) is 0 Å². The molecule has 0 radical (unpaired) electrons. The van der Waals surface area contributed by atoms with Gasteiger partial charge in [0.2, 0.25) is 0 Å². The second-order valence-electron chi connectivity index (χ2n) is 3.46. The molecule has 1 atom stereocenters. The van der Waals surface area contributed by atoms with Crippen LogP contribution in [-0.4, -0.2) is 11.7 Å². The normalized spacial score (nSPS) is 12.4. The van der Waals surface area contributed by atoms with Crippen LogP contribution in [0.15, 0.2) is 39.5 Å². The van der Waals surface area contributed by atoms with E-state index in [1.54, 1.807) is 24.3 Å². The second-order valence-corrected chi connectivity index (χ2v) is 5.49. The molecule has 1 aromatic heterocycles. The van der Waals surface area contributed by atoms with Crippen LogP contribution in [0.1, 0.15) is 11.7 Å². The summed E-state index contributed by atoms with van der Waals surface area (Å²) in [6.07, 6.45) is -0.633. The van der Waals surface area contributed by atoms with Crippen LogP contribution >= 0.6 is 38.9 Å². The highest BCUT2D eigenvalue weighted by Gasteiger charge is 2.12. The Morgan fingerprint density at radius 2 is 2.00 bits per heavy atom. The zero-order valence-corrected chi connectivity index (χ0v) is 11.9. The number of aliphatic hydroxyl groups is 1. The van der Waals surface area contributed by atoms with Crippen LogP contribution in [0.2, 0.25) is 5.02 Å². The molecule has 0 saturated carbocycles. The fourth-order valence-corrected chi connectivity index (χ4v) is 3.06. The van der Waals surface area contributed by atoms with Gasteiger partial charge in [-0.05, 0) is 45.6 Å². The molecule has 0 fully saturated rings. The third-order valence-corrected chi connectivity index (χ3v) is 4.23. The first-order chi connectivity index (χ1) is 8.16. The maximum Gasteiger partial charge on any atom is 0.119 e. The van der Waals surface area contributed by atoms with E-state index in [1.807, 2.05) is 10.8 Å². The quantitative estimate of drug-likeness (QED) is 0.905. The molecule has 0 amide bonds. The molecular weight excluding hydrogens is 324 g/mol. The molecule has 1 unspecified atom stereocenters. The van der Waals surface area contributed by atoms with Gasteiger partial charge in [-0.3, -0.25) is 0 Å². The number of thiophene rings is 1. The van der Waals surface area contributed by atoms with E-state index in [-0.39, 0.29) is 6.61 Å². The van der Waals surface area contributed by atoms with E-state index in [1.165, 1.54) is 11.3 Å². The van der Waals surface area contributed by atoms with Gasteiger partial charge in [0.15, 0.2) is 0 Å². The number of rotatable bonds is 4. The van der Waals surface area contributed by atoms with Crippen LogP contribution in [0.3, 0.4) is 0 Å². The Labute approximate surface area is 117 Å². The highest BCUT2D eigenvalue weighted by Crippen LogP contribution is 2.28. The number of benzene rings is 1. The summed E-state index contributed by atoms with van der Waals surface area (Å²) in [5.74, 6) is 0.694. The topological polar surface area (TPSA) is 29.5 Å². The maximum atomic E-state index is 9.93. The highest BCUT2D eigenvalue weighted by molar-refractivity contribution is 9.10. The summed E-state index contributed by atoms with van der Waals surface area (Å²) in [7, 11) is 0. The summed E-state index contributed by atoms with van der Waals surface area (Å²) >= 11 is 10.7. The van der Waals surface area contributed by atoms with Crippen LogP contribution in [0, 0.1) is 0 Å². The standard InChI is InChI=1S/C12H10BrClO2S/c13-11-7-17-6-10(11)12(15)5-16-9-3-1-8(14)2-4-9/h1-4,6-7,12,15H,5H2. The predicted molar refractivity (Wildman–Crippen MR) is 73.9 cm³/mol. The Balaban J connectivity index is 1.94. The average molecular weight is 334 g/mol. The third kappa shape index (κ3) is 3.45. The van der Waals surface area contributed by atoms with Crippen LogP contribution in [0.25, 0.3) is 0 Å². The molecule has 1 N–H and O–H groups in total. The van der Waals surface area contributed by atoms with Crippen molar-refractivity contribution in [2.24, 2.45) is 0 Å². The molecule has 0 bridgehead atoms. The molecular formula is C12H10BrClO2S. The molecule has 2 nitrogen and oxygen atoms in total. The van der Waals surface area contributed by atoms with Crippen LogP contribution in [-0.2, 0) is 0 Å². The number of aliphatic hydroxyl groups excluding tert-OH is 1. The number of hydrogen-bond acceptors (Lipinski definition) is 3. The van der Waals surface area contributed by atoms with E-state index < -0.39 is 6.10 Å². The molecule has 5 heteroatoms. The Hall–Kier alpha value is -0.550. The Morgan fingerprint density at radius 3 is 2.59 bits per heavy atom. The van der Waals surface area contributed by atoms with Crippen molar-refractivity contribution in [3.63, 3.8) is 0 Å². The molecule has 0 spiro atoms. The Bertz CT molecular complexity index is 484. The molecule has 0 aliphatic heterocycles. The van der Waals surface area contributed by atoms with Gasteiger partial charge in [0.25, 0.3) is 0 Å². The maximum absolute atomic E-state index is 9.93. The molecule has 1 aromatic carbocycles. The summed E-state index contributed by atoms with van der Waals surface area (Å²) in [6.45, 7) is 0.219. The third-order valence-electron chi connectivity index (χ3n) is 2.22. The van der Waals surface area contributed by atoms with Crippen molar-refractivity contribution in [1.82, 2.24) is 0 Å². The molecule has 17 heavy (non-hydrogen) atoms. The Kier molecular flexibility index (Phi) is 4.45. The van der Waals surface area contributed by atoms with Gasteiger partial charge in [-0.2, -0.15) is 11.3 Å². The number of hydrogen-bond donors (Lipinski definition) is 1. The molecule has 90 valence electrons. The minimum atomic E-state index is -0.633. The SMILES string of the molecule is OC(COc1ccc(Cl)cc1)c1cscc1Br. The predicted octanol–water partition coefficient (Wildman–Crippen LogP) is 4.28. The van der Waals surface area contributed by atoms with Gasteiger partial charge in [-0.1, -0.05) is 11.6 Å². The van der Waals surface area contributed by atoms with Gasteiger partial charge in [-0.15, -0.1) is 0 Å². The van der Waals surface area contributed by atoms with Crippen molar-refractivity contribution in [3.8, 4) is 5.75 Å². The summed E-state index contributed by atoms with van der Waals surface area (Å²) in [4.78, 5) is 0. The Morgan fingerprint density at radius 1 is 1.29 bits per heavy atom. The first-order valence-electron chi connectivity index (χ1n) is 4.95.